The minimum Gasteiger partial charge on any atom is -0.288 e. The van der Waals surface area contributed by atoms with Crippen molar-refractivity contribution in [2.45, 2.75) is 54.4 Å². The molecule has 1 aliphatic carbocycles. The number of carbonyl (C=O) groups excluding carboxylic acids is 2. The summed E-state index contributed by atoms with van der Waals surface area (Å²) in [6.45, 7) is 12.0. The summed E-state index contributed by atoms with van der Waals surface area (Å²) >= 11 is 10.5. The van der Waals surface area contributed by atoms with Crippen molar-refractivity contribution in [1.82, 2.24) is 21.3 Å². The maximum Gasteiger partial charge on any atom is 0.248 e. The van der Waals surface area contributed by atoms with Crippen LogP contribution in [0, 0.1) is 0 Å². The van der Waals surface area contributed by atoms with Crippen LogP contribution in [0.3, 0.4) is 0 Å². The van der Waals surface area contributed by atoms with Crippen LogP contribution in [0.4, 0.5) is 0 Å². The molecular weight excluding hydrogens is 452 g/mol. The predicted octanol–water partition coefficient (Wildman–Crippen LogP) is 5.18. The van der Waals surface area contributed by atoms with Crippen LogP contribution in [0.5, 0.6) is 0 Å². The van der Waals surface area contributed by atoms with Crippen molar-refractivity contribution in [1.29, 1.82) is 0 Å². The van der Waals surface area contributed by atoms with Gasteiger partial charge in [-0.25, -0.2) is 0 Å². The number of hydrogen-bond donors (Lipinski definition) is 3. The van der Waals surface area contributed by atoms with Gasteiger partial charge in [0.1, 0.15) is 16.4 Å². The first-order chi connectivity index (χ1) is 16.0. The Balaban J connectivity index is 0. The number of hydrogen-bond acceptors (Lipinski definition) is 4. The zero-order valence-electron chi connectivity index (χ0n) is 20.8. The molecule has 2 rings (SSSR count). The van der Waals surface area contributed by atoms with Gasteiger partial charge in [-0.2, -0.15) is 0 Å². The summed E-state index contributed by atoms with van der Waals surface area (Å²) in [7, 11) is 1.63. The number of thiocarbonyl (C=S) groups is 2. The summed E-state index contributed by atoms with van der Waals surface area (Å²) in [4.78, 5) is 24.8. The Bertz CT molecular complexity index is 819. The Hall–Kier alpha value is -2.84. The third-order valence-electron chi connectivity index (χ3n) is 3.50. The normalized spacial score (nSPS) is 10.7. The number of amides is 2. The van der Waals surface area contributed by atoms with E-state index in [1.54, 1.807) is 7.05 Å². The fourth-order valence-electron chi connectivity index (χ4n) is 2.17. The summed E-state index contributed by atoms with van der Waals surface area (Å²) in [5.74, 6) is -1.000. The highest BCUT2D eigenvalue weighted by Gasteiger charge is 2.14. The van der Waals surface area contributed by atoms with E-state index in [2.05, 4.69) is 16.3 Å². The molecule has 3 N–H and O–H groups in total. The Labute approximate surface area is 210 Å². The smallest absolute Gasteiger partial charge is 0.248 e. The monoisotopic (exact) mass is 490 g/mol. The second-order valence-electron chi connectivity index (χ2n) is 5.63. The number of nitrogens with one attached hydrogen (secondary N) is 3. The van der Waals surface area contributed by atoms with Gasteiger partial charge in [0.05, 0.1) is 0 Å². The van der Waals surface area contributed by atoms with Crippen molar-refractivity contribution in [3.8, 4) is 0 Å². The van der Waals surface area contributed by atoms with Gasteiger partial charge >= 0.3 is 0 Å². The van der Waals surface area contributed by atoms with E-state index in [0.717, 1.165) is 17.6 Å². The summed E-state index contributed by atoms with van der Waals surface area (Å²) < 4.78 is 0. The maximum atomic E-state index is 12.0. The van der Waals surface area contributed by atoms with Crippen molar-refractivity contribution in [2.75, 3.05) is 7.05 Å². The van der Waals surface area contributed by atoms with Gasteiger partial charge < -0.3 is 0 Å². The molecular formula is C25H38N4O2S2. The van der Waals surface area contributed by atoms with Crippen molar-refractivity contribution in [3.63, 3.8) is 0 Å². The molecule has 6 nitrogen and oxygen atoms in total. The van der Waals surface area contributed by atoms with E-state index in [-0.39, 0.29) is 6.42 Å². The Kier molecular flexibility index (Phi) is 20.6. The SMILES string of the molecule is CC.CC.CC.CN(NC(=O)CC(=O)NNC(=S)c1ccccc1)C(=S)C1=CC=CCC=C1. The predicted molar refractivity (Wildman–Crippen MR) is 148 cm³/mol. The largest absolute Gasteiger partial charge is 0.288 e. The van der Waals surface area contributed by atoms with E-state index in [1.807, 2.05) is 102 Å². The van der Waals surface area contributed by atoms with Gasteiger partial charge in [-0.3, -0.25) is 30.9 Å². The lowest BCUT2D eigenvalue weighted by Gasteiger charge is -2.21. The van der Waals surface area contributed by atoms with Crippen LogP contribution in [0.1, 0.15) is 59.9 Å². The fourth-order valence-corrected chi connectivity index (χ4v) is 2.54. The topological polar surface area (TPSA) is 73.5 Å². The lowest BCUT2D eigenvalue weighted by Crippen LogP contribution is -2.47. The Morgan fingerprint density at radius 1 is 0.909 bits per heavy atom. The summed E-state index contributed by atoms with van der Waals surface area (Å²) in [6, 6.07) is 9.18. The molecule has 0 aromatic heterocycles. The van der Waals surface area contributed by atoms with Gasteiger partial charge in [-0.05, 0) is 6.42 Å². The lowest BCUT2D eigenvalue weighted by molar-refractivity contribution is -0.131. The Morgan fingerprint density at radius 2 is 1.52 bits per heavy atom. The zero-order valence-corrected chi connectivity index (χ0v) is 22.4. The minimum absolute atomic E-state index is 0.364. The molecule has 0 unspecified atom stereocenters. The second-order valence-corrected chi connectivity index (χ2v) is 6.43. The standard InChI is InChI=1S/C19H20N4O2S2.3C2H6/c1-23(19(27)15-11-5-2-3-6-12-15)22-17(25)13-16(24)20-21-18(26)14-9-7-4-8-10-14;3*1-2/h2,4-12H,3,13H2,1H3,(H,20,24)(H,21,26)(H,22,25);3*1-2H3. The molecule has 0 fully saturated rings. The quantitative estimate of drug-likeness (QED) is 0.307. The number of hydrazine groups is 2. The third kappa shape index (κ3) is 14.0. The van der Waals surface area contributed by atoms with Gasteiger partial charge in [-0.1, -0.05) is 127 Å². The van der Waals surface area contributed by atoms with Crippen molar-refractivity contribution in [2.24, 2.45) is 0 Å². The maximum absolute atomic E-state index is 12.0. The van der Waals surface area contributed by atoms with E-state index >= 15 is 0 Å². The van der Waals surface area contributed by atoms with Crippen LogP contribution in [-0.2, 0) is 9.59 Å². The molecule has 182 valence electrons. The average molecular weight is 491 g/mol. The molecule has 1 aromatic carbocycles. The molecule has 0 bridgehead atoms. The fraction of sp³-hybridized carbons (Fsp3) is 0.360. The van der Waals surface area contributed by atoms with Gasteiger partial charge in [0, 0.05) is 18.2 Å². The molecule has 0 spiro atoms. The molecule has 0 saturated carbocycles. The Morgan fingerprint density at radius 3 is 2.12 bits per heavy atom. The highest BCUT2D eigenvalue weighted by Crippen LogP contribution is 2.08. The third-order valence-corrected chi connectivity index (χ3v) is 4.35. The van der Waals surface area contributed by atoms with Gasteiger partial charge in [0.2, 0.25) is 11.8 Å². The van der Waals surface area contributed by atoms with Gasteiger partial charge in [0.25, 0.3) is 0 Å². The number of carbonyl (C=O) groups is 2. The van der Waals surface area contributed by atoms with E-state index in [0.29, 0.717) is 9.98 Å². The summed E-state index contributed by atoms with van der Waals surface area (Å²) in [5, 5.41) is 1.42. The molecule has 8 heteroatoms. The van der Waals surface area contributed by atoms with E-state index in [1.165, 1.54) is 5.01 Å². The number of allylic oxidation sites excluding steroid dienone is 4. The van der Waals surface area contributed by atoms with Crippen molar-refractivity contribution < 1.29 is 9.59 Å². The van der Waals surface area contributed by atoms with E-state index in [9.17, 15) is 9.59 Å². The van der Waals surface area contributed by atoms with Crippen molar-refractivity contribution in [3.05, 3.63) is 71.8 Å². The first-order valence-electron chi connectivity index (χ1n) is 11.2. The molecule has 1 aromatic rings. The second kappa shape index (κ2) is 21.0. The molecule has 0 heterocycles. The highest BCUT2D eigenvalue weighted by molar-refractivity contribution is 7.81. The first-order valence-corrected chi connectivity index (χ1v) is 12.0. The van der Waals surface area contributed by atoms with Crippen LogP contribution in [0.25, 0.3) is 0 Å². The molecule has 0 saturated heterocycles. The summed E-state index contributed by atoms with van der Waals surface area (Å²) in [5.41, 5.74) is 9.19. The van der Waals surface area contributed by atoms with Crippen LogP contribution in [0.15, 0.2) is 66.3 Å². The zero-order chi connectivity index (χ0) is 25.6. The number of benzene rings is 1. The molecule has 0 radical (unpaired) electrons. The van der Waals surface area contributed by atoms with E-state index < -0.39 is 11.8 Å². The number of rotatable bonds is 4. The van der Waals surface area contributed by atoms with Gasteiger partial charge in [-0.15, -0.1) is 0 Å². The molecule has 0 aliphatic heterocycles. The average Bonchev–Trinajstić information content (AvgIpc) is 3.16. The van der Waals surface area contributed by atoms with Crippen molar-refractivity contribution >= 4 is 46.2 Å². The molecule has 33 heavy (non-hydrogen) atoms. The van der Waals surface area contributed by atoms with Crippen LogP contribution in [0.2, 0.25) is 0 Å². The molecule has 2 amide bonds. The first kappa shape index (κ1) is 32.3. The van der Waals surface area contributed by atoms with Crippen LogP contribution < -0.4 is 16.3 Å². The lowest BCUT2D eigenvalue weighted by atomic mass is 10.2. The van der Waals surface area contributed by atoms with Crippen LogP contribution >= 0.6 is 24.4 Å². The minimum atomic E-state index is -0.512. The van der Waals surface area contributed by atoms with E-state index in [4.69, 9.17) is 24.4 Å². The molecule has 0 atom stereocenters. The summed E-state index contributed by atoms with van der Waals surface area (Å²) in [6.07, 6.45) is 10.1. The van der Waals surface area contributed by atoms with Crippen LogP contribution in [-0.4, -0.2) is 33.8 Å². The molecule has 1 aliphatic rings. The highest BCUT2D eigenvalue weighted by atomic mass is 32.1. The van der Waals surface area contributed by atoms with Gasteiger partial charge in [0.15, 0.2) is 0 Å². The number of nitrogens with zero attached hydrogens (tertiary/aromatic N) is 1. The number of likely N-dealkylation sites (N-methyl/N-ethyl adjacent to an activating group) is 1.